The van der Waals surface area contributed by atoms with E-state index in [1.807, 2.05) is 0 Å². The van der Waals surface area contributed by atoms with Gasteiger partial charge >= 0.3 is 18.0 Å². The van der Waals surface area contributed by atoms with E-state index in [4.69, 9.17) is 4.74 Å². The predicted molar refractivity (Wildman–Crippen MR) is 68.8 cm³/mol. The fraction of sp³-hybridized carbons (Fsp3) is 0.615. The molecule has 112 valence electrons. The molecule has 1 heterocycles. The van der Waals surface area contributed by atoms with E-state index in [-0.39, 0.29) is 6.54 Å². The van der Waals surface area contributed by atoms with Gasteiger partial charge in [-0.15, -0.1) is 0 Å². The summed E-state index contributed by atoms with van der Waals surface area (Å²) in [6.07, 6.45) is 2.00. The smallest absolute Gasteiger partial charge is 0.412 e. The molecule has 0 fully saturated rings. The molecular weight excluding hydrogens is 266 g/mol. The first-order chi connectivity index (χ1) is 9.19. The Hall–Kier alpha value is -2.05. The Morgan fingerprint density at radius 1 is 1.10 bits per heavy atom. The quantitative estimate of drug-likeness (QED) is 0.324. The van der Waals surface area contributed by atoms with Gasteiger partial charge in [0.2, 0.25) is 0 Å². The summed E-state index contributed by atoms with van der Waals surface area (Å²) < 4.78 is 14.5. The maximum absolute atomic E-state index is 12.2. The van der Waals surface area contributed by atoms with Crippen molar-refractivity contribution in [1.29, 1.82) is 0 Å². The van der Waals surface area contributed by atoms with Crippen LogP contribution in [0.1, 0.15) is 20.8 Å². The second-order valence-electron chi connectivity index (χ2n) is 5.24. The molecular formula is C13H19NO6. The Kier molecular flexibility index (Phi) is 4.42. The number of carbonyl (C=O) groups is 3. The molecule has 7 nitrogen and oxygen atoms in total. The predicted octanol–water partition coefficient (Wildman–Crippen LogP) is 0.878. The molecule has 1 aliphatic rings. The summed E-state index contributed by atoms with van der Waals surface area (Å²) in [7, 11) is 2.26. The Balaban J connectivity index is 3.15. The van der Waals surface area contributed by atoms with E-state index in [9.17, 15) is 14.4 Å². The molecule has 0 spiro atoms. The van der Waals surface area contributed by atoms with E-state index in [2.05, 4.69) is 9.47 Å². The third kappa shape index (κ3) is 2.76. The van der Waals surface area contributed by atoms with Gasteiger partial charge in [-0.05, 0) is 26.8 Å². The third-order valence-corrected chi connectivity index (χ3v) is 2.68. The van der Waals surface area contributed by atoms with Gasteiger partial charge in [-0.2, -0.15) is 0 Å². The van der Waals surface area contributed by atoms with E-state index in [0.717, 1.165) is 19.1 Å². The van der Waals surface area contributed by atoms with Crippen molar-refractivity contribution in [3.63, 3.8) is 0 Å². The van der Waals surface area contributed by atoms with Crippen molar-refractivity contribution >= 4 is 18.0 Å². The molecule has 0 saturated heterocycles. The van der Waals surface area contributed by atoms with Crippen molar-refractivity contribution in [2.24, 2.45) is 0 Å². The zero-order valence-corrected chi connectivity index (χ0v) is 12.3. The molecule has 1 rings (SSSR count). The van der Waals surface area contributed by atoms with Crippen LogP contribution in [-0.4, -0.2) is 54.8 Å². The largest absolute Gasteiger partial charge is 0.467 e. The van der Waals surface area contributed by atoms with Crippen LogP contribution in [0.2, 0.25) is 0 Å². The lowest BCUT2D eigenvalue weighted by atomic mass is 10.0. The van der Waals surface area contributed by atoms with Gasteiger partial charge in [0.15, 0.2) is 0 Å². The lowest BCUT2D eigenvalue weighted by molar-refractivity contribution is -0.166. The van der Waals surface area contributed by atoms with E-state index in [1.165, 1.54) is 12.2 Å². The number of rotatable bonds is 2. The fourth-order valence-electron chi connectivity index (χ4n) is 1.85. The summed E-state index contributed by atoms with van der Waals surface area (Å²) in [6.45, 7) is 5.12. The molecule has 0 saturated carbocycles. The summed E-state index contributed by atoms with van der Waals surface area (Å²) in [5.74, 6) is -1.80. The van der Waals surface area contributed by atoms with Gasteiger partial charge in [-0.25, -0.2) is 14.4 Å². The molecule has 1 amide bonds. The van der Waals surface area contributed by atoms with Crippen molar-refractivity contribution in [1.82, 2.24) is 4.90 Å². The molecule has 0 radical (unpaired) electrons. The summed E-state index contributed by atoms with van der Waals surface area (Å²) in [5, 5.41) is 0. The number of nitrogens with zero attached hydrogens (tertiary/aromatic N) is 1. The van der Waals surface area contributed by atoms with Crippen LogP contribution in [-0.2, 0) is 23.8 Å². The Bertz CT molecular complexity index is 432. The number of esters is 2. The van der Waals surface area contributed by atoms with E-state index < -0.39 is 29.2 Å². The second-order valence-corrected chi connectivity index (χ2v) is 5.24. The van der Waals surface area contributed by atoms with Crippen molar-refractivity contribution in [2.45, 2.75) is 31.9 Å². The third-order valence-electron chi connectivity index (χ3n) is 2.68. The molecule has 0 atom stereocenters. The summed E-state index contributed by atoms with van der Waals surface area (Å²) in [4.78, 5) is 37.1. The molecule has 1 aliphatic heterocycles. The van der Waals surface area contributed by atoms with Crippen LogP contribution in [0.25, 0.3) is 0 Å². The van der Waals surface area contributed by atoms with Crippen LogP contribution >= 0.6 is 0 Å². The van der Waals surface area contributed by atoms with Crippen LogP contribution in [0.15, 0.2) is 12.2 Å². The van der Waals surface area contributed by atoms with Crippen molar-refractivity contribution in [3.05, 3.63) is 12.2 Å². The first kappa shape index (κ1) is 16.0. The number of ether oxygens (including phenoxy) is 3. The van der Waals surface area contributed by atoms with E-state index >= 15 is 0 Å². The van der Waals surface area contributed by atoms with Crippen LogP contribution in [0.3, 0.4) is 0 Å². The monoisotopic (exact) mass is 285 g/mol. The SMILES string of the molecule is COC(=O)C1(C(=O)OC)C=CCN1C(=O)OC(C)(C)C. The topological polar surface area (TPSA) is 82.1 Å². The van der Waals surface area contributed by atoms with Gasteiger partial charge in [-0.1, -0.05) is 6.08 Å². The maximum atomic E-state index is 12.2. The number of hydrogen-bond donors (Lipinski definition) is 0. The highest BCUT2D eigenvalue weighted by molar-refractivity contribution is 6.10. The molecule has 0 unspecified atom stereocenters. The number of methoxy groups -OCH3 is 2. The van der Waals surface area contributed by atoms with Crippen molar-refractivity contribution in [3.8, 4) is 0 Å². The van der Waals surface area contributed by atoms with Gasteiger partial charge in [-0.3, -0.25) is 4.90 Å². The maximum Gasteiger partial charge on any atom is 0.412 e. The van der Waals surface area contributed by atoms with Crippen LogP contribution in [0, 0.1) is 0 Å². The summed E-state index contributed by atoms with van der Waals surface area (Å²) in [5.41, 5.74) is -2.68. The minimum Gasteiger partial charge on any atom is -0.467 e. The number of hydrogen-bond acceptors (Lipinski definition) is 6. The average molecular weight is 285 g/mol. The number of carbonyl (C=O) groups excluding carboxylic acids is 3. The molecule has 0 aromatic heterocycles. The van der Waals surface area contributed by atoms with Crippen LogP contribution < -0.4 is 0 Å². The molecule has 20 heavy (non-hydrogen) atoms. The Morgan fingerprint density at radius 2 is 1.60 bits per heavy atom. The molecule has 7 heteroatoms. The zero-order chi connectivity index (χ0) is 15.6. The normalized spacial score (nSPS) is 16.8. The van der Waals surface area contributed by atoms with E-state index in [1.54, 1.807) is 20.8 Å². The fourth-order valence-corrected chi connectivity index (χ4v) is 1.85. The lowest BCUT2D eigenvalue weighted by Gasteiger charge is -2.33. The minimum atomic E-state index is -1.92. The summed E-state index contributed by atoms with van der Waals surface area (Å²) in [6, 6.07) is 0. The highest BCUT2D eigenvalue weighted by Crippen LogP contribution is 2.28. The van der Waals surface area contributed by atoms with Crippen LogP contribution in [0.5, 0.6) is 0 Å². The molecule has 0 N–H and O–H groups in total. The lowest BCUT2D eigenvalue weighted by Crippen LogP contribution is -2.60. The highest BCUT2D eigenvalue weighted by atomic mass is 16.6. The molecule has 0 bridgehead atoms. The zero-order valence-electron chi connectivity index (χ0n) is 12.3. The highest BCUT2D eigenvalue weighted by Gasteiger charge is 2.56. The van der Waals surface area contributed by atoms with Gasteiger partial charge in [0, 0.05) is 6.54 Å². The van der Waals surface area contributed by atoms with Crippen molar-refractivity contribution < 1.29 is 28.6 Å². The Labute approximate surface area is 117 Å². The Morgan fingerprint density at radius 3 is 2.00 bits per heavy atom. The average Bonchev–Trinajstić information content (AvgIpc) is 2.80. The van der Waals surface area contributed by atoms with Crippen molar-refractivity contribution in [2.75, 3.05) is 20.8 Å². The second kappa shape index (κ2) is 5.52. The van der Waals surface area contributed by atoms with Gasteiger partial charge < -0.3 is 14.2 Å². The van der Waals surface area contributed by atoms with Gasteiger partial charge in [0.1, 0.15) is 5.60 Å². The molecule has 0 aromatic rings. The van der Waals surface area contributed by atoms with Gasteiger partial charge in [0.05, 0.1) is 14.2 Å². The van der Waals surface area contributed by atoms with Gasteiger partial charge in [0.25, 0.3) is 5.54 Å². The summed E-state index contributed by atoms with van der Waals surface area (Å²) >= 11 is 0. The van der Waals surface area contributed by atoms with Crippen LogP contribution in [0.4, 0.5) is 4.79 Å². The first-order valence-electron chi connectivity index (χ1n) is 6.04. The minimum absolute atomic E-state index is 0.0547. The number of amides is 1. The molecule has 0 aromatic carbocycles. The first-order valence-corrected chi connectivity index (χ1v) is 6.04. The molecule has 0 aliphatic carbocycles. The standard InChI is InChI=1S/C13H19NO6/c1-12(2,3)20-11(17)14-8-6-7-13(14,9(15)18-4)10(16)19-5/h6-7H,8H2,1-5H3. The van der Waals surface area contributed by atoms with E-state index in [0.29, 0.717) is 0 Å².